The van der Waals surface area contributed by atoms with E-state index in [2.05, 4.69) is 75.4 Å². The molecule has 97 heavy (non-hydrogen) atoms. The van der Waals surface area contributed by atoms with Gasteiger partial charge >= 0.3 is 11.9 Å². The zero-order valence-electron chi connectivity index (χ0n) is 54.6. The second kappa shape index (κ2) is 42.2. The maximum absolute atomic E-state index is 14.5. The second-order valence-corrected chi connectivity index (χ2v) is 24.7. The van der Waals surface area contributed by atoms with Crippen molar-refractivity contribution in [1.82, 2.24) is 57.8 Å². The zero-order valence-corrected chi connectivity index (χ0v) is 56.3. The number of phenols is 2. The average molecular weight is 1390 g/mol. The standard InChI is InChI=1S/C64H92N16O15S2/c1-36(2)27-44(66)55(85)77-48(28-38-15-19-42(81)20-16-38)59(89)73-46(14-10-25-70-64(67)68)56(86)72-37(3)54(84)76-50(31-53(83)95-33-40-11-6-5-7-12-40)61(91)80-52(34-96)62(92)74-45(13-8-9-24-65)57(87)78-49(29-39-17-21-43(82)22-18-39)60(90)75-47(23-26-97-4)58(88)79-51(63(93)94)30-41-32-69-35-71-41/h5-7,11-12,15-22,32,35-37,44-52,81-82,96H,8-10,13-14,23-31,33-34,65-66H2,1-4H3,(H,69,71)(H,72,86)(H,73,89)(H,74,92)(H,75,90)(H,76,84)(H,77,85)(H,78,87)(H,79,88)(H,80,91)(H,93,94)(H4,67,68,70)/t37-,44-,45-,46-,47-,48-,49-,50-,51-,52-/m0/s1. The Labute approximate surface area is 571 Å². The Bertz CT molecular complexity index is 3240. The summed E-state index contributed by atoms with van der Waals surface area (Å²) in [5.41, 5.74) is 25.0. The Hall–Kier alpha value is -9.47. The Morgan fingerprint density at radius 2 is 1.05 bits per heavy atom. The number of phenolic OH excluding ortho intramolecular Hbond substituents is 2. The third-order valence-corrected chi connectivity index (χ3v) is 15.9. The molecule has 3 aromatic carbocycles. The first-order valence-corrected chi connectivity index (χ1v) is 33.5. The number of carbonyl (C=O) groups excluding carboxylic acids is 10. The van der Waals surface area contributed by atoms with Crippen molar-refractivity contribution in [2.45, 2.75) is 158 Å². The summed E-state index contributed by atoms with van der Waals surface area (Å²) in [6, 6.07) is 5.79. The fourth-order valence-electron chi connectivity index (χ4n) is 9.58. The van der Waals surface area contributed by atoms with E-state index in [1.807, 2.05) is 13.8 Å². The molecule has 21 N–H and O–H groups in total. The number of thioether (sulfide) groups is 1. The van der Waals surface area contributed by atoms with Crippen LogP contribution in [0, 0.1) is 5.92 Å². The molecule has 0 radical (unpaired) electrons. The van der Waals surface area contributed by atoms with Crippen LogP contribution in [0.5, 0.6) is 11.5 Å². The summed E-state index contributed by atoms with van der Waals surface area (Å²) >= 11 is 5.68. The smallest absolute Gasteiger partial charge is 0.326 e. The number of guanidine groups is 1. The van der Waals surface area contributed by atoms with Crippen molar-refractivity contribution in [3.8, 4) is 11.5 Å². The molecule has 4 rings (SSSR count). The van der Waals surface area contributed by atoms with E-state index in [1.54, 1.807) is 36.6 Å². The average Bonchev–Trinajstić information content (AvgIpc) is 1.84. The number of carbonyl (C=O) groups is 11. The summed E-state index contributed by atoms with van der Waals surface area (Å²) < 4.78 is 5.47. The quantitative estimate of drug-likeness (QED) is 0.00804. The topological polar surface area (TPSA) is 511 Å². The van der Waals surface area contributed by atoms with E-state index in [9.17, 15) is 68.1 Å². The highest BCUT2D eigenvalue weighted by Crippen LogP contribution is 2.16. The molecule has 0 spiro atoms. The van der Waals surface area contributed by atoms with Crippen molar-refractivity contribution in [3.05, 3.63) is 114 Å². The molecule has 0 fully saturated rings. The molecule has 31 nitrogen and oxygen atoms in total. The number of unbranched alkanes of at least 4 members (excludes halogenated alkanes) is 1. The summed E-state index contributed by atoms with van der Waals surface area (Å²) in [6.45, 7) is 4.94. The van der Waals surface area contributed by atoms with Crippen LogP contribution in [0.3, 0.4) is 0 Å². The number of esters is 1. The molecule has 530 valence electrons. The van der Waals surface area contributed by atoms with Gasteiger partial charge in [0.25, 0.3) is 0 Å². The van der Waals surface area contributed by atoms with Crippen LogP contribution in [0.15, 0.2) is 96.4 Å². The van der Waals surface area contributed by atoms with Crippen LogP contribution in [0.1, 0.15) is 94.5 Å². The molecule has 1 heterocycles. The van der Waals surface area contributed by atoms with E-state index in [0.29, 0.717) is 34.6 Å². The number of aliphatic imine (C=N–C) groups is 1. The van der Waals surface area contributed by atoms with Crippen LogP contribution in [0.25, 0.3) is 0 Å². The molecule has 33 heteroatoms. The first-order valence-electron chi connectivity index (χ1n) is 31.5. The molecule has 0 bridgehead atoms. The van der Waals surface area contributed by atoms with Gasteiger partial charge in [0.15, 0.2) is 5.96 Å². The maximum atomic E-state index is 14.5. The Balaban J connectivity index is 1.60. The van der Waals surface area contributed by atoms with Crippen molar-refractivity contribution >= 4 is 95.5 Å². The van der Waals surface area contributed by atoms with Gasteiger partial charge < -0.3 is 95.8 Å². The number of aliphatic carboxylic acids is 1. The number of carboxylic acid groups (broad SMARTS) is 1. The van der Waals surface area contributed by atoms with Crippen LogP contribution in [0.2, 0.25) is 0 Å². The molecule has 0 aliphatic carbocycles. The van der Waals surface area contributed by atoms with Gasteiger partial charge in [0.1, 0.15) is 72.5 Å². The van der Waals surface area contributed by atoms with Crippen LogP contribution in [-0.4, -0.2) is 188 Å². The second-order valence-electron chi connectivity index (χ2n) is 23.4. The Kier molecular flexibility index (Phi) is 34.8. The summed E-state index contributed by atoms with van der Waals surface area (Å²) in [4.78, 5) is 164. The molecular weight excluding hydrogens is 1300 g/mol. The Morgan fingerprint density at radius 1 is 0.577 bits per heavy atom. The van der Waals surface area contributed by atoms with Gasteiger partial charge in [-0.25, -0.2) is 9.78 Å². The molecule has 0 aliphatic heterocycles. The number of aromatic hydroxyl groups is 2. The number of benzene rings is 3. The molecule has 0 saturated heterocycles. The number of nitrogens with two attached hydrogens (primary N) is 4. The number of rotatable bonds is 43. The zero-order chi connectivity index (χ0) is 71.6. The maximum Gasteiger partial charge on any atom is 0.326 e. The van der Waals surface area contributed by atoms with E-state index < -0.39 is 138 Å². The lowest BCUT2D eigenvalue weighted by Gasteiger charge is -2.27. The van der Waals surface area contributed by atoms with Crippen molar-refractivity contribution < 1.29 is 72.8 Å². The van der Waals surface area contributed by atoms with Crippen molar-refractivity contribution in [2.75, 3.05) is 30.9 Å². The van der Waals surface area contributed by atoms with E-state index in [0.717, 1.165) is 0 Å². The van der Waals surface area contributed by atoms with E-state index in [-0.39, 0.29) is 101 Å². The van der Waals surface area contributed by atoms with Crippen molar-refractivity contribution in [3.63, 3.8) is 0 Å². The summed E-state index contributed by atoms with van der Waals surface area (Å²) in [7, 11) is 0. The highest BCUT2D eigenvalue weighted by molar-refractivity contribution is 7.98. The van der Waals surface area contributed by atoms with Gasteiger partial charge in [0.2, 0.25) is 53.2 Å². The fourth-order valence-corrected chi connectivity index (χ4v) is 10.3. The number of ether oxygens (including phenoxy) is 1. The van der Waals surface area contributed by atoms with Gasteiger partial charge in [0.05, 0.1) is 18.8 Å². The molecule has 0 saturated carbocycles. The van der Waals surface area contributed by atoms with Crippen LogP contribution in [0.4, 0.5) is 0 Å². The third-order valence-electron chi connectivity index (χ3n) is 14.9. The lowest BCUT2D eigenvalue weighted by molar-refractivity contribution is -0.147. The first-order chi connectivity index (χ1) is 46.2. The molecule has 0 aliphatic rings. The number of H-pyrrole nitrogens is 1. The molecule has 4 aromatic rings. The lowest BCUT2D eigenvalue weighted by Crippen LogP contribution is -2.61. The minimum Gasteiger partial charge on any atom is -0.508 e. The highest BCUT2D eigenvalue weighted by Gasteiger charge is 2.36. The van der Waals surface area contributed by atoms with Gasteiger partial charge in [-0.3, -0.25) is 52.9 Å². The van der Waals surface area contributed by atoms with Crippen molar-refractivity contribution in [2.24, 2.45) is 33.8 Å². The largest absolute Gasteiger partial charge is 0.508 e. The Morgan fingerprint density at radius 3 is 1.56 bits per heavy atom. The van der Waals surface area contributed by atoms with Crippen LogP contribution >= 0.6 is 24.4 Å². The number of amides is 9. The molecule has 1 aromatic heterocycles. The van der Waals surface area contributed by atoms with E-state index in [4.69, 9.17) is 27.7 Å². The summed E-state index contributed by atoms with van der Waals surface area (Å²) in [5.74, 6) is -10.9. The van der Waals surface area contributed by atoms with E-state index in [1.165, 1.54) is 79.7 Å². The summed E-state index contributed by atoms with van der Waals surface area (Å²) in [5, 5.41) is 53.2. The van der Waals surface area contributed by atoms with Gasteiger partial charge in [-0.15, -0.1) is 0 Å². The number of aromatic amines is 1. The van der Waals surface area contributed by atoms with Crippen LogP contribution < -0.4 is 70.8 Å². The number of nitrogens with one attached hydrogen (secondary N) is 10. The van der Waals surface area contributed by atoms with Gasteiger partial charge in [0, 0.05) is 43.5 Å². The number of carboxylic acids is 1. The van der Waals surface area contributed by atoms with Gasteiger partial charge in [-0.05, 0) is 117 Å². The minimum atomic E-state index is -1.82. The van der Waals surface area contributed by atoms with Gasteiger partial charge in [-0.2, -0.15) is 24.4 Å². The lowest BCUT2D eigenvalue weighted by atomic mass is 10.0. The molecule has 0 unspecified atom stereocenters. The first kappa shape index (κ1) is 80.0. The monoisotopic (exact) mass is 1390 g/mol. The molecule has 9 amide bonds. The number of hydrogen-bond acceptors (Lipinski definition) is 20. The number of aromatic nitrogens is 2. The SMILES string of the molecule is CSCC[C@H](NC(=O)[C@H](Cc1ccc(O)cc1)NC(=O)[C@H](CCCCN)NC(=O)[C@H](CS)NC(=O)[C@H](CC(=O)OCc1ccccc1)NC(=O)[C@H](C)NC(=O)[C@H](CCCN=C(N)N)NC(=O)[C@H](Cc1ccc(O)cc1)NC(=O)[C@@H](N)CC(C)C)C(=O)N[C@@H](Cc1cnc[nH]1)C(=O)O. The normalized spacial score (nSPS) is 14.1. The minimum absolute atomic E-state index is 0.0125. The van der Waals surface area contributed by atoms with E-state index >= 15 is 0 Å². The number of nitrogens with zero attached hydrogens (tertiary/aromatic N) is 2. The molecule has 10 atom stereocenters. The predicted octanol–water partition coefficient (Wildman–Crippen LogP) is -1.31. The highest BCUT2D eigenvalue weighted by atomic mass is 32.2. The van der Waals surface area contributed by atoms with Crippen molar-refractivity contribution in [1.29, 1.82) is 0 Å². The third kappa shape index (κ3) is 29.6. The molecular formula is C64H92N16O15S2. The predicted molar refractivity (Wildman–Crippen MR) is 365 cm³/mol. The number of imidazole rings is 1. The van der Waals surface area contributed by atoms with Crippen LogP contribution in [-0.2, 0) is 83.3 Å². The number of thiol groups is 1. The van der Waals surface area contributed by atoms with Gasteiger partial charge in [-0.1, -0.05) is 68.4 Å². The fraction of sp³-hybridized carbons (Fsp3) is 0.484. The summed E-state index contributed by atoms with van der Waals surface area (Å²) in [6.07, 6.45) is 4.09. The number of hydrogen-bond donors (Lipinski definition) is 18.